The molecule has 5 N–H and O–H groups in total. The SMILES string of the molecule is Nc1ccc(S(=O)(=O)c2ccc(N)c(C(O)(C(F)(F)F)C(F)(F)F)c2)cc1. The van der Waals surface area contributed by atoms with E-state index in [2.05, 4.69) is 0 Å². The van der Waals surface area contributed by atoms with E-state index in [1.807, 2.05) is 0 Å². The average molecular weight is 414 g/mol. The Morgan fingerprint density at radius 3 is 1.67 bits per heavy atom. The average Bonchev–Trinajstić information content (AvgIpc) is 2.52. The third kappa shape index (κ3) is 3.41. The minimum Gasteiger partial charge on any atom is -0.399 e. The quantitative estimate of drug-likeness (QED) is 0.529. The second kappa shape index (κ2) is 6.30. The van der Waals surface area contributed by atoms with E-state index >= 15 is 0 Å². The predicted molar refractivity (Wildman–Crippen MR) is 83.2 cm³/mol. The van der Waals surface area contributed by atoms with Gasteiger partial charge in [-0.3, -0.25) is 0 Å². The monoisotopic (exact) mass is 414 g/mol. The van der Waals surface area contributed by atoms with Gasteiger partial charge in [0.05, 0.1) is 9.79 Å². The summed E-state index contributed by atoms with van der Waals surface area (Å²) in [5.41, 5.74) is 2.54. The van der Waals surface area contributed by atoms with Crippen molar-refractivity contribution < 1.29 is 39.9 Å². The van der Waals surface area contributed by atoms with E-state index < -0.39 is 48.8 Å². The minimum absolute atomic E-state index is 0.0575. The molecule has 0 saturated heterocycles. The van der Waals surface area contributed by atoms with Crippen LogP contribution < -0.4 is 11.5 Å². The van der Waals surface area contributed by atoms with Crippen molar-refractivity contribution in [2.45, 2.75) is 27.7 Å². The Labute approximate surface area is 149 Å². The molecule has 0 bridgehead atoms. The number of anilines is 2. The third-order valence-electron chi connectivity index (χ3n) is 3.74. The highest BCUT2D eigenvalue weighted by Gasteiger charge is 2.72. The molecule has 148 valence electrons. The summed E-state index contributed by atoms with van der Waals surface area (Å²) >= 11 is 0. The van der Waals surface area contributed by atoms with Crippen molar-refractivity contribution in [1.82, 2.24) is 0 Å². The Morgan fingerprint density at radius 2 is 1.22 bits per heavy atom. The van der Waals surface area contributed by atoms with Crippen molar-refractivity contribution in [1.29, 1.82) is 0 Å². The van der Waals surface area contributed by atoms with Crippen molar-refractivity contribution in [3.8, 4) is 0 Å². The maximum Gasteiger partial charge on any atom is 0.430 e. The van der Waals surface area contributed by atoms with Gasteiger partial charge in [-0.25, -0.2) is 8.42 Å². The first kappa shape index (κ1) is 20.8. The molecular formula is C15H12F6N2O3S. The number of nitrogen functional groups attached to an aromatic ring is 2. The van der Waals surface area contributed by atoms with E-state index in [1.165, 1.54) is 12.1 Å². The van der Waals surface area contributed by atoms with Crippen molar-refractivity contribution >= 4 is 21.2 Å². The molecule has 2 aromatic carbocycles. The minimum atomic E-state index is -6.21. The molecule has 0 aliphatic rings. The first-order valence-electron chi connectivity index (χ1n) is 6.99. The van der Waals surface area contributed by atoms with Crippen LogP contribution in [0.4, 0.5) is 37.7 Å². The summed E-state index contributed by atoms with van der Waals surface area (Å²) in [5, 5.41) is 9.49. The van der Waals surface area contributed by atoms with Crippen LogP contribution in [-0.2, 0) is 15.4 Å². The lowest BCUT2D eigenvalue weighted by Gasteiger charge is -2.33. The molecule has 0 aromatic heterocycles. The summed E-state index contributed by atoms with van der Waals surface area (Å²) in [6.07, 6.45) is -12.4. The third-order valence-corrected chi connectivity index (χ3v) is 5.50. The van der Waals surface area contributed by atoms with Crippen molar-refractivity contribution in [2.24, 2.45) is 0 Å². The molecule has 0 spiro atoms. The molecule has 5 nitrogen and oxygen atoms in total. The van der Waals surface area contributed by atoms with E-state index in [0.717, 1.165) is 18.2 Å². The maximum absolute atomic E-state index is 13.1. The zero-order valence-corrected chi connectivity index (χ0v) is 14.0. The van der Waals surface area contributed by atoms with Crippen LogP contribution >= 0.6 is 0 Å². The predicted octanol–water partition coefficient (Wildman–Crippen LogP) is 3.00. The summed E-state index contributed by atoms with van der Waals surface area (Å²) in [7, 11) is -4.50. The molecule has 0 amide bonds. The van der Waals surface area contributed by atoms with Crippen LogP contribution in [0, 0.1) is 0 Å². The maximum atomic E-state index is 13.1. The van der Waals surface area contributed by atoms with E-state index in [9.17, 15) is 39.9 Å². The first-order chi connectivity index (χ1) is 12.1. The van der Waals surface area contributed by atoms with E-state index in [4.69, 9.17) is 11.5 Å². The smallest absolute Gasteiger partial charge is 0.399 e. The molecular weight excluding hydrogens is 402 g/mol. The van der Waals surface area contributed by atoms with Crippen LogP contribution in [0.1, 0.15) is 5.56 Å². The highest BCUT2D eigenvalue weighted by Crippen LogP contribution is 2.51. The first-order valence-corrected chi connectivity index (χ1v) is 8.47. The van der Waals surface area contributed by atoms with Gasteiger partial charge in [0.2, 0.25) is 9.84 Å². The number of halogens is 6. The molecule has 2 aromatic rings. The summed E-state index contributed by atoms with van der Waals surface area (Å²) in [6, 6.07) is 5.77. The van der Waals surface area contributed by atoms with Gasteiger partial charge in [-0.05, 0) is 42.5 Å². The van der Waals surface area contributed by atoms with Crippen LogP contribution in [0.15, 0.2) is 52.3 Å². The zero-order valence-electron chi connectivity index (χ0n) is 13.1. The molecule has 0 radical (unpaired) electrons. The lowest BCUT2D eigenvalue weighted by Crippen LogP contribution is -2.54. The van der Waals surface area contributed by atoms with Gasteiger partial charge in [-0.15, -0.1) is 0 Å². The Balaban J connectivity index is 2.74. The van der Waals surface area contributed by atoms with Gasteiger partial charge in [-0.2, -0.15) is 26.3 Å². The molecule has 0 atom stereocenters. The highest BCUT2D eigenvalue weighted by molar-refractivity contribution is 7.91. The van der Waals surface area contributed by atoms with E-state index in [1.54, 1.807) is 0 Å². The number of alkyl halides is 6. The lowest BCUT2D eigenvalue weighted by molar-refractivity contribution is -0.376. The zero-order chi connectivity index (χ0) is 20.8. The van der Waals surface area contributed by atoms with E-state index in [-0.39, 0.29) is 11.8 Å². The fraction of sp³-hybridized carbons (Fsp3) is 0.200. The van der Waals surface area contributed by atoms with Gasteiger partial charge in [0.1, 0.15) is 0 Å². The number of aliphatic hydroxyl groups is 1. The summed E-state index contributed by atoms with van der Waals surface area (Å²) in [4.78, 5) is -1.33. The molecule has 0 aliphatic carbocycles. The number of nitrogens with two attached hydrogens (primary N) is 2. The summed E-state index contributed by atoms with van der Waals surface area (Å²) in [5.74, 6) is 0. The van der Waals surface area contributed by atoms with Gasteiger partial charge in [0.25, 0.3) is 5.60 Å². The van der Waals surface area contributed by atoms with Crippen molar-refractivity contribution in [3.63, 3.8) is 0 Å². The number of rotatable bonds is 3. The fourth-order valence-corrected chi connectivity index (χ4v) is 3.55. The topological polar surface area (TPSA) is 106 Å². The molecule has 0 saturated carbocycles. The van der Waals surface area contributed by atoms with Gasteiger partial charge < -0.3 is 16.6 Å². The Hall–Kier alpha value is -2.47. The van der Waals surface area contributed by atoms with Crippen LogP contribution in [0.5, 0.6) is 0 Å². The number of hydrogen-bond donors (Lipinski definition) is 3. The molecule has 0 unspecified atom stereocenters. The number of benzene rings is 2. The molecule has 0 heterocycles. The van der Waals surface area contributed by atoms with Gasteiger partial charge in [0, 0.05) is 16.9 Å². The van der Waals surface area contributed by atoms with Gasteiger partial charge in [-0.1, -0.05) is 0 Å². The molecule has 0 aliphatic heterocycles. The van der Waals surface area contributed by atoms with Crippen LogP contribution in [0.2, 0.25) is 0 Å². The Bertz CT molecular complexity index is 939. The lowest BCUT2D eigenvalue weighted by atomic mass is 9.91. The molecule has 0 fully saturated rings. The van der Waals surface area contributed by atoms with Crippen LogP contribution in [0.25, 0.3) is 0 Å². The summed E-state index contributed by atoms with van der Waals surface area (Å²) in [6.45, 7) is 0. The molecule has 27 heavy (non-hydrogen) atoms. The molecule has 12 heteroatoms. The Morgan fingerprint density at radius 1 is 0.778 bits per heavy atom. The second-order valence-electron chi connectivity index (χ2n) is 5.53. The van der Waals surface area contributed by atoms with Gasteiger partial charge in [0.15, 0.2) is 0 Å². The fourth-order valence-electron chi connectivity index (χ4n) is 2.27. The largest absolute Gasteiger partial charge is 0.430 e. The normalized spacial score (nSPS) is 13.6. The van der Waals surface area contributed by atoms with Crippen LogP contribution in [0.3, 0.4) is 0 Å². The summed E-state index contributed by atoms with van der Waals surface area (Å²) < 4.78 is 103. The number of hydrogen-bond acceptors (Lipinski definition) is 5. The second-order valence-corrected chi connectivity index (χ2v) is 7.48. The molecule has 2 rings (SSSR count). The standard InChI is InChI=1S/C15H12F6N2O3S/c16-14(17,18)13(24,15(19,20)21)11-7-10(5-6-12(11)23)27(25,26)9-3-1-8(22)2-4-9/h1-7,24H,22-23H2. The van der Waals surface area contributed by atoms with E-state index in [0.29, 0.717) is 6.07 Å². The Kier molecular flexibility index (Phi) is 4.86. The van der Waals surface area contributed by atoms with Crippen molar-refractivity contribution in [2.75, 3.05) is 11.5 Å². The highest BCUT2D eigenvalue weighted by atomic mass is 32.2. The van der Waals surface area contributed by atoms with Crippen molar-refractivity contribution in [3.05, 3.63) is 48.0 Å². The van der Waals surface area contributed by atoms with Crippen LogP contribution in [-0.4, -0.2) is 25.9 Å². The van der Waals surface area contributed by atoms with Gasteiger partial charge >= 0.3 is 12.4 Å². The number of sulfone groups is 1.